The minimum absolute atomic E-state index is 0.0537. The second-order valence-electron chi connectivity index (χ2n) is 4.64. The highest BCUT2D eigenvalue weighted by Gasteiger charge is 2.13. The van der Waals surface area contributed by atoms with Crippen molar-refractivity contribution < 1.29 is 9.52 Å². The van der Waals surface area contributed by atoms with Gasteiger partial charge in [-0.05, 0) is 37.1 Å². The summed E-state index contributed by atoms with van der Waals surface area (Å²) in [4.78, 5) is 0. The Morgan fingerprint density at radius 1 is 1.11 bits per heavy atom. The van der Waals surface area contributed by atoms with E-state index in [0.29, 0.717) is 11.1 Å². The summed E-state index contributed by atoms with van der Waals surface area (Å²) in [6, 6.07) is 10.8. The zero-order valence-electron chi connectivity index (χ0n) is 10.8. The number of hydrogen-bond donors (Lipinski definition) is 2. The number of phenols is 1. The average Bonchev–Trinajstić information content (AvgIpc) is 2.66. The first-order chi connectivity index (χ1) is 9.08. The van der Waals surface area contributed by atoms with E-state index in [2.05, 4.69) is 0 Å². The van der Waals surface area contributed by atoms with Crippen molar-refractivity contribution in [1.29, 1.82) is 5.41 Å². The van der Waals surface area contributed by atoms with Crippen molar-refractivity contribution in [3.8, 4) is 11.4 Å². The van der Waals surface area contributed by atoms with Gasteiger partial charge in [0.2, 0.25) is 0 Å². The third kappa shape index (κ3) is 1.73. The normalized spacial score (nSPS) is 11.1. The van der Waals surface area contributed by atoms with E-state index >= 15 is 0 Å². The first-order valence-corrected chi connectivity index (χ1v) is 6.03. The zero-order chi connectivity index (χ0) is 13.6. The van der Waals surface area contributed by atoms with Crippen LogP contribution < -0.4 is 5.68 Å². The van der Waals surface area contributed by atoms with Crippen molar-refractivity contribution in [2.24, 2.45) is 0 Å². The van der Waals surface area contributed by atoms with E-state index in [1.807, 2.05) is 32.0 Å². The topological polar surface area (TPSA) is 62.2 Å². The van der Waals surface area contributed by atoms with Gasteiger partial charge in [-0.2, -0.15) is 0 Å². The third-order valence-electron chi connectivity index (χ3n) is 3.26. The van der Waals surface area contributed by atoms with E-state index in [1.54, 1.807) is 22.8 Å². The average molecular weight is 254 g/mol. The summed E-state index contributed by atoms with van der Waals surface area (Å²) >= 11 is 0. The highest BCUT2D eigenvalue weighted by atomic mass is 16.3. The molecular formula is C15H14N2O2. The van der Waals surface area contributed by atoms with Gasteiger partial charge in [0.25, 0.3) is 5.68 Å². The van der Waals surface area contributed by atoms with Crippen molar-refractivity contribution in [3.05, 3.63) is 53.2 Å². The quantitative estimate of drug-likeness (QED) is 0.701. The molecule has 0 aliphatic heterocycles. The Morgan fingerprint density at radius 3 is 2.47 bits per heavy atom. The number of rotatable bonds is 1. The van der Waals surface area contributed by atoms with E-state index in [4.69, 9.17) is 9.83 Å². The molecule has 0 spiro atoms. The molecule has 0 radical (unpaired) electrons. The Morgan fingerprint density at radius 2 is 1.79 bits per heavy atom. The highest BCUT2D eigenvalue weighted by molar-refractivity contribution is 5.77. The first-order valence-electron chi connectivity index (χ1n) is 6.03. The summed E-state index contributed by atoms with van der Waals surface area (Å²) in [5.74, 6) is 0.160. The molecule has 96 valence electrons. The fourth-order valence-electron chi connectivity index (χ4n) is 2.41. The van der Waals surface area contributed by atoms with Gasteiger partial charge in [-0.3, -0.25) is 9.98 Å². The van der Waals surface area contributed by atoms with Crippen LogP contribution in [0.4, 0.5) is 0 Å². The van der Waals surface area contributed by atoms with Gasteiger partial charge in [-0.25, -0.2) is 0 Å². The molecule has 2 aromatic carbocycles. The lowest BCUT2D eigenvalue weighted by molar-refractivity contribution is 0.475. The molecule has 0 atom stereocenters. The molecule has 0 amide bonds. The Balaban J connectivity index is 2.46. The van der Waals surface area contributed by atoms with Crippen LogP contribution in [0.2, 0.25) is 0 Å². The second kappa shape index (κ2) is 4.02. The van der Waals surface area contributed by atoms with Gasteiger partial charge in [-0.1, -0.05) is 18.2 Å². The Bertz CT molecular complexity index is 808. The molecular weight excluding hydrogens is 240 g/mol. The minimum Gasteiger partial charge on any atom is -0.508 e. The van der Waals surface area contributed by atoms with Gasteiger partial charge >= 0.3 is 0 Å². The molecule has 0 saturated carbocycles. The lowest BCUT2D eigenvalue weighted by atomic mass is 10.1. The first kappa shape index (κ1) is 11.6. The molecule has 1 aromatic heterocycles. The Hall–Kier alpha value is -2.49. The van der Waals surface area contributed by atoms with Gasteiger partial charge in [0.15, 0.2) is 5.58 Å². The van der Waals surface area contributed by atoms with Crippen molar-refractivity contribution in [1.82, 2.24) is 4.57 Å². The summed E-state index contributed by atoms with van der Waals surface area (Å²) in [7, 11) is 0. The van der Waals surface area contributed by atoms with Crippen LogP contribution in [0.15, 0.2) is 40.8 Å². The molecule has 2 N–H and O–H groups in total. The Labute approximate surface area is 110 Å². The number of nitrogens with one attached hydrogen (secondary N) is 1. The number of aryl methyl sites for hydroxylation is 2. The number of fused-ring (bicyclic) bond motifs is 1. The SMILES string of the molecule is Cc1cccc(C)c1-n1c(=N)oc2ccc(O)cc21. The summed E-state index contributed by atoms with van der Waals surface area (Å²) in [6.07, 6.45) is 0. The van der Waals surface area contributed by atoms with Crippen molar-refractivity contribution in [3.63, 3.8) is 0 Å². The van der Waals surface area contributed by atoms with Crippen LogP contribution in [0.5, 0.6) is 5.75 Å². The van der Waals surface area contributed by atoms with Crippen LogP contribution in [-0.4, -0.2) is 9.67 Å². The molecule has 4 heteroatoms. The van der Waals surface area contributed by atoms with Gasteiger partial charge < -0.3 is 9.52 Å². The number of para-hydroxylation sites is 1. The monoisotopic (exact) mass is 254 g/mol. The highest BCUT2D eigenvalue weighted by Crippen LogP contribution is 2.25. The summed E-state index contributed by atoms with van der Waals surface area (Å²) < 4.78 is 7.16. The van der Waals surface area contributed by atoms with Gasteiger partial charge in [-0.15, -0.1) is 0 Å². The molecule has 3 aromatic rings. The van der Waals surface area contributed by atoms with Crippen LogP contribution in [-0.2, 0) is 0 Å². The van der Waals surface area contributed by atoms with E-state index in [-0.39, 0.29) is 11.4 Å². The number of benzene rings is 2. The van der Waals surface area contributed by atoms with Crippen LogP contribution >= 0.6 is 0 Å². The molecule has 4 nitrogen and oxygen atoms in total. The fraction of sp³-hybridized carbons (Fsp3) is 0.133. The van der Waals surface area contributed by atoms with E-state index < -0.39 is 0 Å². The van der Waals surface area contributed by atoms with Crippen LogP contribution in [0.1, 0.15) is 11.1 Å². The zero-order valence-corrected chi connectivity index (χ0v) is 10.8. The number of phenolic OH excluding ortho intramolecular Hbond substituents is 1. The lowest BCUT2D eigenvalue weighted by Gasteiger charge is -2.10. The fourth-order valence-corrected chi connectivity index (χ4v) is 2.41. The number of aromatic nitrogens is 1. The van der Waals surface area contributed by atoms with E-state index in [9.17, 15) is 5.11 Å². The van der Waals surface area contributed by atoms with E-state index in [0.717, 1.165) is 16.8 Å². The van der Waals surface area contributed by atoms with Crippen LogP contribution in [0, 0.1) is 19.3 Å². The third-order valence-corrected chi connectivity index (χ3v) is 3.26. The van der Waals surface area contributed by atoms with E-state index in [1.165, 1.54) is 0 Å². The van der Waals surface area contributed by atoms with Crippen LogP contribution in [0.3, 0.4) is 0 Å². The maximum absolute atomic E-state index is 9.63. The maximum Gasteiger partial charge on any atom is 0.299 e. The lowest BCUT2D eigenvalue weighted by Crippen LogP contribution is -2.14. The summed E-state index contributed by atoms with van der Waals surface area (Å²) in [6.45, 7) is 3.99. The van der Waals surface area contributed by atoms with Crippen LogP contribution in [0.25, 0.3) is 16.8 Å². The molecule has 0 bridgehead atoms. The van der Waals surface area contributed by atoms with Gasteiger partial charge in [0, 0.05) is 6.07 Å². The molecule has 3 rings (SSSR count). The number of hydrogen-bond acceptors (Lipinski definition) is 3. The number of aromatic hydroxyl groups is 1. The summed E-state index contributed by atoms with van der Waals surface area (Å²) in [5.41, 5.74) is 4.39. The predicted octanol–water partition coefficient (Wildman–Crippen LogP) is 3.03. The predicted molar refractivity (Wildman–Crippen MR) is 72.5 cm³/mol. The molecule has 1 heterocycles. The molecule has 0 aliphatic carbocycles. The number of oxazole rings is 1. The maximum atomic E-state index is 9.63. The van der Waals surface area contributed by atoms with Gasteiger partial charge in [0.1, 0.15) is 5.75 Å². The largest absolute Gasteiger partial charge is 0.508 e. The second-order valence-corrected chi connectivity index (χ2v) is 4.64. The smallest absolute Gasteiger partial charge is 0.299 e. The molecule has 0 unspecified atom stereocenters. The minimum atomic E-state index is 0.0537. The van der Waals surface area contributed by atoms with Crippen molar-refractivity contribution >= 4 is 11.1 Å². The molecule has 0 saturated heterocycles. The van der Waals surface area contributed by atoms with Crippen molar-refractivity contribution in [2.75, 3.05) is 0 Å². The summed E-state index contributed by atoms with van der Waals surface area (Å²) in [5, 5.41) is 17.6. The Kier molecular flexibility index (Phi) is 2.45. The van der Waals surface area contributed by atoms with Crippen molar-refractivity contribution in [2.45, 2.75) is 13.8 Å². The molecule has 19 heavy (non-hydrogen) atoms. The molecule has 0 fully saturated rings. The van der Waals surface area contributed by atoms with Gasteiger partial charge in [0.05, 0.1) is 11.2 Å². The molecule has 0 aliphatic rings. The standard InChI is InChI=1S/C15H14N2O2/c1-9-4-3-5-10(2)14(9)17-12-8-11(18)6-7-13(12)19-15(17)16/h3-8,16,18H,1-2H3. The number of nitrogens with zero attached hydrogens (tertiary/aromatic N) is 1.